The first kappa shape index (κ1) is 23.4. The number of esters is 1. The van der Waals surface area contributed by atoms with Crippen molar-refractivity contribution in [1.82, 2.24) is 5.32 Å². The van der Waals surface area contributed by atoms with E-state index in [1.165, 1.54) is 24.8 Å². The number of thioether (sulfide) groups is 1. The fourth-order valence-corrected chi connectivity index (χ4v) is 4.01. The predicted octanol–water partition coefficient (Wildman–Crippen LogP) is 2.65. The first-order valence-corrected chi connectivity index (χ1v) is 11.0. The summed E-state index contributed by atoms with van der Waals surface area (Å²) in [5, 5.41) is 7.24. The number of hydrogen-bond donors (Lipinski definition) is 3. The van der Waals surface area contributed by atoms with Gasteiger partial charge in [-0.15, -0.1) is 23.1 Å². The number of rotatable bonds is 9. The number of nitrogens with one attached hydrogen (secondary N) is 2. The summed E-state index contributed by atoms with van der Waals surface area (Å²) in [6, 6.07) is 8.22. The lowest BCUT2D eigenvalue weighted by molar-refractivity contribution is -0.123. The highest BCUT2D eigenvalue weighted by atomic mass is 32.2. The van der Waals surface area contributed by atoms with Crippen LogP contribution in [0, 0.1) is 0 Å². The van der Waals surface area contributed by atoms with Gasteiger partial charge < -0.3 is 21.1 Å². The van der Waals surface area contributed by atoms with Gasteiger partial charge in [0.2, 0.25) is 5.91 Å². The summed E-state index contributed by atoms with van der Waals surface area (Å²) in [5.74, 6) is -1.94. The topological polar surface area (TPSA) is 128 Å². The van der Waals surface area contributed by atoms with Crippen LogP contribution in [0.4, 0.5) is 5.00 Å². The molecule has 1 atom stereocenters. The minimum absolute atomic E-state index is 0.0242. The molecule has 8 nitrogen and oxygen atoms in total. The van der Waals surface area contributed by atoms with Crippen LogP contribution in [0.25, 0.3) is 0 Å². The molecule has 3 amide bonds. The molecule has 160 valence electrons. The van der Waals surface area contributed by atoms with Gasteiger partial charge in [0.1, 0.15) is 5.00 Å². The van der Waals surface area contributed by atoms with Gasteiger partial charge in [-0.25, -0.2) is 4.79 Å². The summed E-state index contributed by atoms with van der Waals surface area (Å²) >= 11 is 2.35. The Labute approximate surface area is 182 Å². The molecule has 1 aromatic carbocycles. The Morgan fingerprint density at radius 2 is 1.80 bits per heavy atom. The maximum atomic E-state index is 12.6. The summed E-state index contributed by atoms with van der Waals surface area (Å²) < 4.78 is 5.28. The molecule has 1 aromatic heterocycles. The largest absolute Gasteiger partial charge is 0.449 e. The Morgan fingerprint density at radius 1 is 1.10 bits per heavy atom. The Balaban J connectivity index is 2.01. The number of ether oxygens (including phenoxy) is 1. The zero-order valence-electron chi connectivity index (χ0n) is 16.8. The van der Waals surface area contributed by atoms with Crippen LogP contribution in [0.5, 0.6) is 0 Å². The Morgan fingerprint density at radius 3 is 2.47 bits per heavy atom. The third-order valence-corrected chi connectivity index (χ3v) is 5.64. The van der Waals surface area contributed by atoms with Crippen LogP contribution in [-0.2, 0) is 14.3 Å². The molecule has 0 aliphatic carbocycles. The second-order valence-electron chi connectivity index (χ2n) is 6.57. The predicted molar refractivity (Wildman–Crippen MR) is 117 cm³/mol. The van der Waals surface area contributed by atoms with Gasteiger partial charge in [-0.05, 0) is 44.4 Å². The highest BCUT2D eigenvalue weighted by molar-refractivity contribution is 8.00. The van der Waals surface area contributed by atoms with Crippen molar-refractivity contribution in [3.05, 3.63) is 46.8 Å². The van der Waals surface area contributed by atoms with Crippen LogP contribution in [-0.4, -0.2) is 41.6 Å². The second kappa shape index (κ2) is 10.8. The zero-order chi connectivity index (χ0) is 22.3. The van der Waals surface area contributed by atoms with E-state index in [-0.39, 0.29) is 28.8 Å². The normalized spacial score (nSPS) is 11.6. The summed E-state index contributed by atoms with van der Waals surface area (Å²) in [6.07, 6.45) is -1.11. The second-order valence-corrected chi connectivity index (χ2v) is 8.50. The third kappa shape index (κ3) is 6.60. The van der Waals surface area contributed by atoms with E-state index in [0.29, 0.717) is 9.90 Å². The van der Waals surface area contributed by atoms with Crippen molar-refractivity contribution in [2.45, 2.75) is 37.8 Å². The van der Waals surface area contributed by atoms with E-state index >= 15 is 0 Å². The molecule has 0 fully saturated rings. The van der Waals surface area contributed by atoms with Crippen LogP contribution >= 0.6 is 23.1 Å². The first-order valence-electron chi connectivity index (χ1n) is 9.09. The fraction of sp³-hybridized carbons (Fsp3) is 0.300. The smallest absolute Gasteiger partial charge is 0.340 e. The maximum absolute atomic E-state index is 12.6. The molecule has 2 aromatic rings. The molecule has 1 heterocycles. The van der Waals surface area contributed by atoms with Gasteiger partial charge in [0.25, 0.3) is 11.8 Å². The van der Waals surface area contributed by atoms with E-state index in [0.717, 1.165) is 11.3 Å². The Bertz CT molecular complexity index is 942. The van der Waals surface area contributed by atoms with Crippen molar-refractivity contribution >= 4 is 51.8 Å². The summed E-state index contributed by atoms with van der Waals surface area (Å²) in [7, 11) is 0. The molecule has 0 saturated carbocycles. The van der Waals surface area contributed by atoms with Gasteiger partial charge in [0.05, 0.1) is 16.9 Å². The maximum Gasteiger partial charge on any atom is 0.340 e. The molecule has 0 saturated heterocycles. The number of hydrogen-bond acceptors (Lipinski definition) is 7. The molecule has 4 N–H and O–H groups in total. The molecule has 10 heteroatoms. The number of carbonyl (C=O) groups excluding carboxylic acids is 4. The summed E-state index contributed by atoms with van der Waals surface area (Å²) in [6.45, 7) is 5.16. The number of amides is 3. The molecule has 30 heavy (non-hydrogen) atoms. The van der Waals surface area contributed by atoms with Crippen molar-refractivity contribution in [2.75, 3.05) is 11.1 Å². The van der Waals surface area contributed by atoms with E-state index in [2.05, 4.69) is 10.6 Å². The molecule has 0 bridgehead atoms. The molecule has 0 aliphatic rings. The van der Waals surface area contributed by atoms with E-state index in [4.69, 9.17) is 10.5 Å². The Kier molecular flexibility index (Phi) is 8.43. The van der Waals surface area contributed by atoms with E-state index in [9.17, 15) is 19.2 Å². The molecule has 0 spiro atoms. The Hall–Kier alpha value is -2.85. The molecule has 1 unspecified atom stereocenters. The summed E-state index contributed by atoms with van der Waals surface area (Å²) in [5.41, 5.74) is 5.71. The minimum Gasteiger partial charge on any atom is -0.449 e. The van der Waals surface area contributed by atoms with Crippen LogP contribution < -0.4 is 16.4 Å². The van der Waals surface area contributed by atoms with E-state index < -0.39 is 23.9 Å². The number of anilines is 1. The number of nitrogens with two attached hydrogens (primary N) is 1. The van der Waals surface area contributed by atoms with Gasteiger partial charge in [0.15, 0.2) is 6.10 Å². The lowest BCUT2D eigenvalue weighted by Gasteiger charge is -2.15. The van der Waals surface area contributed by atoms with E-state index in [1.807, 2.05) is 13.8 Å². The minimum atomic E-state index is -1.11. The average molecular weight is 450 g/mol. The third-order valence-electron chi connectivity index (χ3n) is 3.74. The van der Waals surface area contributed by atoms with Crippen LogP contribution in [0.15, 0.2) is 40.6 Å². The van der Waals surface area contributed by atoms with Crippen LogP contribution in [0.2, 0.25) is 0 Å². The lowest BCUT2D eigenvalue weighted by Crippen LogP contribution is -2.31. The zero-order valence-corrected chi connectivity index (χ0v) is 18.4. The quantitative estimate of drug-likeness (QED) is 0.399. The van der Waals surface area contributed by atoms with Gasteiger partial charge >= 0.3 is 5.97 Å². The van der Waals surface area contributed by atoms with Gasteiger partial charge in [-0.2, -0.15) is 0 Å². The van der Waals surface area contributed by atoms with Gasteiger partial charge in [-0.1, -0.05) is 12.1 Å². The van der Waals surface area contributed by atoms with Gasteiger partial charge in [0, 0.05) is 10.9 Å². The lowest BCUT2D eigenvalue weighted by atomic mass is 10.2. The van der Waals surface area contributed by atoms with Crippen LogP contribution in [0.3, 0.4) is 0 Å². The fourth-order valence-electron chi connectivity index (χ4n) is 2.36. The van der Waals surface area contributed by atoms with E-state index in [1.54, 1.807) is 29.6 Å². The molecule has 0 aliphatic heterocycles. The number of thiophene rings is 1. The van der Waals surface area contributed by atoms with Crippen molar-refractivity contribution in [2.24, 2.45) is 5.73 Å². The number of carbonyl (C=O) groups is 4. The SMILES string of the molecule is CC(C)NC(=O)CSc1ccccc1C(=O)OC(C)C(=O)Nc1sccc1C(N)=O. The molecule has 0 radical (unpaired) electrons. The number of primary amides is 1. The summed E-state index contributed by atoms with van der Waals surface area (Å²) in [4.78, 5) is 48.8. The van der Waals surface area contributed by atoms with Crippen LogP contribution in [0.1, 0.15) is 41.5 Å². The van der Waals surface area contributed by atoms with Gasteiger partial charge in [-0.3, -0.25) is 14.4 Å². The highest BCUT2D eigenvalue weighted by Gasteiger charge is 2.23. The van der Waals surface area contributed by atoms with Crippen molar-refractivity contribution in [1.29, 1.82) is 0 Å². The van der Waals surface area contributed by atoms with Crippen molar-refractivity contribution < 1.29 is 23.9 Å². The van der Waals surface area contributed by atoms with Crippen molar-refractivity contribution in [3.8, 4) is 0 Å². The molecule has 2 rings (SSSR count). The average Bonchev–Trinajstić information content (AvgIpc) is 3.14. The van der Waals surface area contributed by atoms with Crippen molar-refractivity contribution in [3.63, 3.8) is 0 Å². The molecular weight excluding hydrogens is 426 g/mol. The molecular formula is C20H23N3O5S2. The first-order chi connectivity index (χ1) is 14.2. The number of benzene rings is 1. The highest BCUT2D eigenvalue weighted by Crippen LogP contribution is 2.25. The monoisotopic (exact) mass is 449 g/mol. The standard InChI is InChI=1S/C20H23N3O5S2/c1-11(2)22-16(24)10-30-15-7-5-4-6-13(15)20(27)28-12(3)18(26)23-19-14(17(21)25)8-9-29-19/h4-9,11-12H,10H2,1-3H3,(H2,21,25)(H,22,24)(H,23,26).